The summed E-state index contributed by atoms with van der Waals surface area (Å²) in [5.74, 6) is -0.0293. The SMILES string of the molecule is O=C(O)/C=C/c1ccc(NC(=O)c2ccc(SCc3nn[nH]n3)cc2)cc1. The number of H-pyrrole nitrogens is 1. The van der Waals surface area contributed by atoms with Crippen LogP contribution in [0.4, 0.5) is 5.69 Å². The molecular formula is C18H15N5O3S. The van der Waals surface area contributed by atoms with Gasteiger partial charge < -0.3 is 10.4 Å². The molecular weight excluding hydrogens is 366 g/mol. The quantitative estimate of drug-likeness (QED) is 0.425. The fourth-order valence-electron chi connectivity index (χ4n) is 2.14. The number of nitrogens with zero attached hydrogens (tertiary/aromatic N) is 3. The molecule has 0 atom stereocenters. The van der Waals surface area contributed by atoms with Crippen molar-refractivity contribution in [1.29, 1.82) is 0 Å². The van der Waals surface area contributed by atoms with E-state index in [0.29, 0.717) is 22.8 Å². The number of hydrogen-bond donors (Lipinski definition) is 3. The summed E-state index contributed by atoms with van der Waals surface area (Å²) in [5, 5.41) is 25.1. The van der Waals surface area contributed by atoms with Crippen LogP contribution in [0.2, 0.25) is 0 Å². The third-order valence-electron chi connectivity index (χ3n) is 3.46. The summed E-state index contributed by atoms with van der Waals surface area (Å²) in [6.45, 7) is 0. The summed E-state index contributed by atoms with van der Waals surface area (Å²) in [7, 11) is 0. The van der Waals surface area contributed by atoms with Crippen molar-refractivity contribution in [2.75, 3.05) is 5.32 Å². The van der Waals surface area contributed by atoms with E-state index in [0.717, 1.165) is 16.5 Å². The number of nitrogens with one attached hydrogen (secondary N) is 2. The van der Waals surface area contributed by atoms with Crippen LogP contribution in [0, 0.1) is 0 Å². The van der Waals surface area contributed by atoms with Gasteiger partial charge in [0.25, 0.3) is 5.91 Å². The highest BCUT2D eigenvalue weighted by atomic mass is 32.2. The molecule has 136 valence electrons. The van der Waals surface area contributed by atoms with Crippen LogP contribution in [0.25, 0.3) is 6.08 Å². The Hall–Kier alpha value is -3.46. The lowest BCUT2D eigenvalue weighted by Crippen LogP contribution is -2.11. The second kappa shape index (κ2) is 8.77. The number of tetrazole rings is 1. The van der Waals surface area contributed by atoms with E-state index in [2.05, 4.69) is 25.9 Å². The van der Waals surface area contributed by atoms with E-state index < -0.39 is 5.97 Å². The molecule has 0 aliphatic heterocycles. The average molecular weight is 381 g/mol. The maximum Gasteiger partial charge on any atom is 0.328 e. The van der Waals surface area contributed by atoms with Crippen molar-refractivity contribution >= 4 is 35.4 Å². The Morgan fingerprint density at radius 1 is 1.11 bits per heavy atom. The molecule has 1 aromatic heterocycles. The number of carbonyl (C=O) groups is 2. The molecule has 0 bridgehead atoms. The van der Waals surface area contributed by atoms with Crippen LogP contribution in [0.1, 0.15) is 21.7 Å². The topological polar surface area (TPSA) is 121 Å². The van der Waals surface area contributed by atoms with Crippen molar-refractivity contribution in [1.82, 2.24) is 20.6 Å². The van der Waals surface area contributed by atoms with Crippen molar-refractivity contribution in [2.24, 2.45) is 0 Å². The Bertz CT molecular complexity index is 938. The number of aromatic nitrogens is 4. The van der Waals surface area contributed by atoms with Crippen LogP contribution in [-0.4, -0.2) is 37.6 Å². The van der Waals surface area contributed by atoms with Gasteiger partial charge in [0, 0.05) is 22.2 Å². The van der Waals surface area contributed by atoms with E-state index in [-0.39, 0.29) is 5.91 Å². The van der Waals surface area contributed by atoms with Gasteiger partial charge in [0.15, 0.2) is 5.82 Å². The molecule has 1 amide bonds. The smallest absolute Gasteiger partial charge is 0.328 e. The lowest BCUT2D eigenvalue weighted by molar-refractivity contribution is -0.131. The molecule has 0 saturated heterocycles. The summed E-state index contributed by atoms with van der Waals surface area (Å²) in [6, 6.07) is 14.1. The van der Waals surface area contributed by atoms with Crippen molar-refractivity contribution in [3.05, 3.63) is 71.6 Å². The molecule has 0 fully saturated rings. The van der Waals surface area contributed by atoms with E-state index in [4.69, 9.17) is 5.11 Å². The minimum atomic E-state index is -1.01. The highest BCUT2D eigenvalue weighted by Gasteiger charge is 2.07. The zero-order valence-corrected chi connectivity index (χ0v) is 14.8. The van der Waals surface area contributed by atoms with Crippen molar-refractivity contribution in [3.63, 3.8) is 0 Å². The highest BCUT2D eigenvalue weighted by molar-refractivity contribution is 7.98. The second-order valence-electron chi connectivity index (χ2n) is 5.39. The molecule has 0 saturated carbocycles. The Morgan fingerprint density at radius 3 is 2.48 bits per heavy atom. The standard InChI is InChI=1S/C18H15N5O3S/c24-17(25)10-3-12-1-6-14(7-2-12)19-18(26)13-4-8-15(9-5-13)27-11-16-20-22-23-21-16/h1-10H,11H2,(H,19,26)(H,24,25)(H,20,21,22,23)/b10-3+. The van der Waals surface area contributed by atoms with Crippen LogP contribution in [-0.2, 0) is 10.5 Å². The Kier molecular flexibility index (Phi) is 5.95. The summed E-state index contributed by atoms with van der Waals surface area (Å²) in [5.41, 5.74) is 1.90. The molecule has 0 aliphatic rings. The molecule has 0 spiro atoms. The van der Waals surface area contributed by atoms with Gasteiger partial charge in [0.2, 0.25) is 0 Å². The van der Waals surface area contributed by atoms with Crippen molar-refractivity contribution in [2.45, 2.75) is 10.6 Å². The number of aliphatic carboxylic acids is 1. The lowest BCUT2D eigenvalue weighted by atomic mass is 10.1. The minimum Gasteiger partial charge on any atom is -0.478 e. The van der Waals surface area contributed by atoms with Crippen molar-refractivity contribution < 1.29 is 14.7 Å². The molecule has 0 radical (unpaired) electrons. The third kappa shape index (κ3) is 5.51. The molecule has 9 heteroatoms. The zero-order chi connectivity index (χ0) is 19.1. The predicted octanol–water partition coefficient (Wildman–Crippen LogP) is 2.84. The normalized spacial score (nSPS) is 10.8. The predicted molar refractivity (Wildman–Crippen MR) is 101 cm³/mol. The van der Waals surface area contributed by atoms with Gasteiger partial charge >= 0.3 is 5.97 Å². The molecule has 2 aromatic carbocycles. The van der Waals surface area contributed by atoms with Crippen LogP contribution in [0.3, 0.4) is 0 Å². The number of hydrogen-bond acceptors (Lipinski definition) is 6. The number of carboxylic acids is 1. The number of benzene rings is 2. The number of thioether (sulfide) groups is 1. The van der Waals surface area contributed by atoms with E-state index in [9.17, 15) is 9.59 Å². The van der Waals surface area contributed by atoms with E-state index in [1.807, 2.05) is 12.1 Å². The van der Waals surface area contributed by atoms with Crippen LogP contribution >= 0.6 is 11.8 Å². The molecule has 0 unspecified atom stereocenters. The van der Waals surface area contributed by atoms with E-state index >= 15 is 0 Å². The fourth-order valence-corrected chi connectivity index (χ4v) is 2.89. The first kappa shape index (κ1) is 18.3. The molecule has 3 rings (SSSR count). The van der Waals surface area contributed by atoms with Crippen LogP contribution in [0.15, 0.2) is 59.5 Å². The average Bonchev–Trinajstić information content (AvgIpc) is 3.20. The Labute approximate surface area is 158 Å². The van der Waals surface area contributed by atoms with Gasteiger partial charge in [0.05, 0.1) is 5.75 Å². The van der Waals surface area contributed by atoms with Crippen LogP contribution < -0.4 is 5.32 Å². The van der Waals surface area contributed by atoms with Gasteiger partial charge in [-0.05, 0) is 48.0 Å². The summed E-state index contributed by atoms with van der Waals surface area (Å²) >= 11 is 1.55. The van der Waals surface area contributed by atoms with E-state index in [1.54, 1.807) is 48.2 Å². The zero-order valence-electron chi connectivity index (χ0n) is 14.0. The number of amides is 1. The molecule has 0 aliphatic carbocycles. The van der Waals surface area contributed by atoms with Gasteiger partial charge in [0.1, 0.15) is 0 Å². The maximum atomic E-state index is 12.3. The fraction of sp³-hybridized carbons (Fsp3) is 0.0556. The third-order valence-corrected chi connectivity index (χ3v) is 4.47. The molecule has 1 heterocycles. The van der Waals surface area contributed by atoms with Crippen molar-refractivity contribution in [3.8, 4) is 0 Å². The number of anilines is 1. The molecule has 3 N–H and O–H groups in total. The van der Waals surface area contributed by atoms with Crippen LogP contribution in [0.5, 0.6) is 0 Å². The number of aromatic amines is 1. The first-order valence-corrected chi connectivity index (χ1v) is 8.86. The Morgan fingerprint density at radius 2 is 1.85 bits per heavy atom. The number of rotatable bonds is 7. The molecule has 8 nitrogen and oxygen atoms in total. The molecule has 3 aromatic rings. The highest BCUT2D eigenvalue weighted by Crippen LogP contribution is 2.21. The van der Waals surface area contributed by atoms with Gasteiger partial charge in [-0.15, -0.1) is 22.0 Å². The number of carboxylic acid groups (broad SMARTS) is 1. The molecule has 27 heavy (non-hydrogen) atoms. The Balaban J connectivity index is 1.56. The summed E-state index contributed by atoms with van der Waals surface area (Å²) in [6.07, 6.45) is 2.55. The first-order valence-electron chi connectivity index (χ1n) is 7.88. The number of carbonyl (C=O) groups excluding carboxylic acids is 1. The van der Waals surface area contributed by atoms with Gasteiger partial charge in [-0.1, -0.05) is 17.3 Å². The largest absolute Gasteiger partial charge is 0.478 e. The second-order valence-corrected chi connectivity index (χ2v) is 6.44. The summed E-state index contributed by atoms with van der Waals surface area (Å²) in [4.78, 5) is 23.8. The van der Waals surface area contributed by atoms with Gasteiger partial charge in [-0.25, -0.2) is 4.79 Å². The van der Waals surface area contributed by atoms with E-state index in [1.165, 1.54) is 6.08 Å². The minimum absolute atomic E-state index is 0.224. The first-order chi connectivity index (χ1) is 13.1. The lowest BCUT2D eigenvalue weighted by Gasteiger charge is -2.06. The maximum absolute atomic E-state index is 12.3. The van der Waals surface area contributed by atoms with Gasteiger partial charge in [-0.3, -0.25) is 4.79 Å². The van der Waals surface area contributed by atoms with Gasteiger partial charge in [-0.2, -0.15) is 5.21 Å². The monoisotopic (exact) mass is 381 g/mol. The summed E-state index contributed by atoms with van der Waals surface area (Å²) < 4.78 is 0.